The van der Waals surface area contributed by atoms with E-state index >= 15 is 0 Å². The summed E-state index contributed by atoms with van der Waals surface area (Å²) in [6.07, 6.45) is 3.74. The highest BCUT2D eigenvalue weighted by Gasteiger charge is 2.27. The Morgan fingerprint density at radius 2 is 1.40 bits per heavy atom. The summed E-state index contributed by atoms with van der Waals surface area (Å²) >= 11 is 0. The maximum absolute atomic E-state index is 13.5. The van der Waals surface area contributed by atoms with Gasteiger partial charge in [-0.25, -0.2) is 8.42 Å². The van der Waals surface area contributed by atoms with Gasteiger partial charge in [0.25, 0.3) is 10.0 Å². The van der Waals surface area contributed by atoms with Crippen molar-refractivity contribution < 1.29 is 13.2 Å². The van der Waals surface area contributed by atoms with Crippen LogP contribution >= 0.6 is 0 Å². The van der Waals surface area contributed by atoms with Crippen LogP contribution in [-0.2, 0) is 21.4 Å². The van der Waals surface area contributed by atoms with Crippen LogP contribution in [0.25, 0.3) is 0 Å². The number of hydrogen-bond donors (Lipinski definition) is 1. The smallest absolute Gasteiger partial charge is 0.264 e. The topological polar surface area (TPSA) is 69.7 Å². The second-order valence-corrected chi connectivity index (χ2v) is 11.0. The van der Waals surface area contributed by atoms with Gasteiger partial charge in [0, 0.05) is 25.3 Å². The van der Waals surface area contributed by atoms with Gasteiger partial charge in [-0.2, -0.15) is 0 Å². The molecule has 3 aromatic carbocycles. The molecule has 1 aliphatic heterocycles. The third-order valence-electron chi connectivity index (χ3n) is 6.37. The summed E-state index contributed by atoms with van der Waals surface area (Å²) < 4.78 is 28.1. The SMILES string of the molecule is Cc1ccc(N(CC(=O)NCc2ccc(N3CCCCC3)cc2)S(=O)(=O)c2ccc(C)cc2)cc1. The molecule has 0 atom stereocenters. The second-order valence-electron chi connectivity index (χ2n) is 9.15. The fourth-order valence-corrected chi connectivity index (χ4v) is 5.65. The highest BCUT2D eigenvalue weighted by molar-refractivity contribution is 7.92. The lowest BCUT2D eigenvalue weighted by Crippen LogP contribution is -2.40. The Labute approximate surface area is 208 Å². The van der Waals surface area contributed by atoms with Gasteiger partial charge < -0.3 is 10.2 Å². The van der Waals surface area contributed by atoms with E-state index in [0.29, 0.717) is 12.2 Å². The fourth-order valence-electron chi connectivity index (χ4n) is 4.23. The average Bonchev–Trinajstić information content (AvgIpc) is 2.88. The summed E-state index contributed by atoms with van der Waals surface area (Å²) in [6.45, 7) is 6.05. The molecule has 0 unspecified atom stereocenters. The highest BCUT2D eigenvalue weighted by Crippen LogP contribution is 2.24. The summed E-state index contributed by atoms with van der Waals surface area (Å²) in [6, 6.07) is 22.0. The van der Waals surface area contributed by atoms with E-state index in [1.165, 1.54) is 29.3 Å². The van der Waals surface area contributed by atoms with E-state index in [2.05, 4.69) is 22.3 Å². The maximum Gasteiger partial charge on any atom is 0.264 e. The van der Waals surface area contributed by atoms with Crippen LogP contribution in [0.5, 0.6) is 0 Å². The van der Waals surface area contributed by atoms with Crippen molar-refractivity contribution in [2.24, 2.45) is 0 Å². The predicted molar refractivity (Wildman–Crippen MR) is 141 cm³/mol. The lowest BCUT2D eigenvalue weighted by Gasteiger charge is -2.28. The monoisotopic (exact) mass is 491 g/mol. The van der Waals surface area contributed by atoms with Crippen molar-refractivity contribution in [3.05, 3.63) is 89.5 Å². The molecule has 0 spiro atoms. The summed E-state index contributed by atoms with van der Waals surface area (Å²) in [5, 5.41) is 2.88. The number of hydrogen-bond acceptors (Lipinski definition) is 4. The first-order valence-corrected chi connectivity index (χ1v) is 13.5. The molecule has 0 saturated carbocycles. The summed E-state index contributed by atoms with van der Waals surface area (Å²) in [5.41, 5.74) is 4.61. The number of nitrogens with zero attached hydrogens (tertiary/aromatic N) is 2. The number of piperidine rings is 1. The van der Waals surface area contributed by atoms with Crippen molar-refractivity contribution in [3.63, 3.8) is 0 Å². The van der Waals surface area contributed by atoms with E-state index in [1.807, 2.05) is 38.1 Å². The minimum Gasteiger partial charge on any atom is -0.372 e. The molecule has 6 nitrogen and oxygen atoms in total. The third-order valence-corrected chi connectivity index (χ3v) is 8.15. The Hall–Kier alpha value is -3.32. The van der Waals surface area contributed by atoms with E-state index in [1.54, 1.807) is 36.4 Å². The van der Waals surface area contributed by atoms with Crippen molar-refractivity contribution in [2.45, 2.75) is 44.6 Å². The van der Waals surface area contributed by atoms with Crippen LogP contribution < -0.4 is 14.5 Å². The Balaban J connectivity index is 1.46. The number of carbonyl (C=O) groups excluding carboxylic acids is 1. The molecule has 0 aliphatic carbocycles. The highest BCUT2D eigenvalue weighted by atomic mass is 32.2. The number of carbonyl (C=O) groups is 1. The summed E-state index contributed by atoms with van der Waals surface area (Å²) in [4.78, 5) is 15.4. The van der Waals surface area contributed by atoms with Gasteiger partial charge in [0.2, 0.25) is 5.91 Å². The van der Waals surface area contributed by atoms with Crippen LogP contribution in [0.2, 0.25) is 0 Å². The number of anilines is 2. The molecule has 1 aliphatic rings. The van der Waals surface area contributed by atoms with Gasteiger partial charge in [0.1, 0.15) is 6.54 Å². The first-order valence-electron chi connectivity index (χ1n) is 12.1. The Morgan fingerprint density at radius 3 is 2.00 bits per heavy atom. The second kappa shape index (κ2) is 11.0. The molecule has 1 saturated heterocycles. The maximum atomic E-state index is 13.5. The zero-order valence-corrected chi connectivity index (χ0v) is 21.2. The van der Waals surface area contributed by atoms with Gasteiger partial charge in [-0.1, -0.05) is 47.5 Å². The Morgan fingerprint density at radius 1 is 0.829 bits per heavy atom. The zero-order chi connectivity index (χ0) is 24.8. The van der Waals surface area contributed by atoms with Crippen LogP contribution in [0.3, 0.4) is 0 Å². The van der Waals surface area contributed by atoms with Crippen molar-refractivity contribution in [1.29, 1.82) is 0 Å². The number of benzene rings is 3. The molecule has 3 aromatic rings. The van der Waals surface area contributed by atoms with Gasteiger partial charge in [-0.15, -0.1) is 0 Å². The van der Waals surface area contributed by atoms with Gasteiger partial charge in [0.15, 0.2) is 0 Å². The summed E-state index contributed by atoms with van der Waals surface area (Å²) in [5.74, 6) is -0.360. The average molecular weight is 492 g/mol. The molecule has 1 heterocycles. The normalized spacial score (nSPS) is 13.9. The zero-order valence-electron chi connectivity index (χ0n) is 20.4. The lowest BCUT2D eigenvalue weighted by molar-refractivity contribution is -0.119. The molecule has 0 radical (unpaired) electrons. The van der Waals surface area contributed by atoms with Gasteiger partial charge in [-0.05, 0) is 75.1 Å². The number of nitrogens with one attached hydrogen (secondary N) is 1. The molecule has 1 amide bonds. The van der Waals surface area contributed by atoms with Crippen LogP contribution in [0.4, 0.5) is 11.4 Å². The van der Waals surface area contributed by atoms with Crippen LogP contribution in [-0.4, -0.2) is 34.0 Å². The first-order chi connectivity index (χ1) is 16.8. The van der Waals surface area contributed by atoms with Crippen molar-refractivity contribution >= 4 is 27.3 Å². The third kappa shape index (κ3) is 6.22. The van der Waals surface area contributed by atoms with Crippen molar-refractivity contribution in [3.8, 4) is 0 Å². The lowest BCUT2D eigenvalue weighted by atomic mass is 10.1. The molecule has 184 valence electrons. The molecular formula is C28H33N3O3S. The molecular weight excluding hydrogens is 458 g/mol. The minimum atomic E-state index is -3.91. The standard InChI is InChI=1S/C28H33N3O3S/c1-22-6-12-26(13-7-22)31(35(33,34)27-16-8-23(2)9-17-27)21-28(32)29-20-24-10-14-25(15-11-24)30-18-4-3-5-19-30/h6-17H,3-5,18-21H2,1-2H3,(H,29,32). The fraction of sp³-hybridized carbons (Fsp3) is 0.321. The van der Waals surface area contributed by atoms with Gasteiger partial charge in [-0.3, -0.25) is 9.10 Å². The van der Waals surface area contributed by atoms with Crippen molar-refractivity contribution in [2.75, 3.05) is 28.8 Å². The molecule has 7 heteroatoms. The van der Waals surface area contributed by atoms with E-state index in [4.69, 9.17) is 0 Å². The molecule has 0 bridgehead atoms. The number of amides is 1. The Bertz CT molecular complexity index is 1230. The number of rotatable bonds is 8. The largest absolute Gasteiger partial charge is 0.372 e. The first kappa shape index (κ1) is 24.8. The minimum absolute atomic E-state index is 0.157. The quantitative estimate of drug-likeness (QED) is 0.491. The van der Waals surface area contributed by atoms with Gasteiger partial charge >= 0.3 is 0 Å². The summed E-state index contributed by atoms with van der Waals surface area (Å²) in [7, 11) is -3.91. The van der Waals surface area contributed by atoms with E-state index < -0.39 is 10.0 Å². The Kier molecular flexibility index (Phi) is 7.76. The molecule has 35 heavy (non-hydrogen) atoms. The molecule has 1 fully saturated rings. The molecule has 0 aromatic heterocycles. The van der Waals surface area contributed by atoms with Crippen LogP contribution in [0, 0.1) is 13.8 Å². The van der Waals surface area contributed by atoms with Crippen molar-refractivity contribution in [1.82, 2.24) is 5.32 Å². The van der Waals surface area contributed by atoms with Gasteiger partial charge in [0.05, 0.1) is 10.6 Å². The van der Waals surface area contributed by atoms with E-state index in [-0.39, 0.29) is 17.3 Å². The van der Waals surface area contributed by atoms with E-state index in [9.17, 15) is 13.2 Å². The van der Waals surface area contributed by atoms with Crippen LogP contribution in [0.15, 0.2) is 77.7 Å². The molecule has 1 N–H and O–H groups in total. The number of aryl methyl sites for hydroxylation is 2. The van der Waals surface area contributed by atoms with E-state index in [0.717, 1.165) is 29.8 Å². The molecule has 4 rings (SSSR count). The number of sulfonamides is 1. The predicted octanol–water partition coefficient (Wildman–Crippen LogP) is 4.81. The van der Waals surface area contributed by atoms with Crippen LogP contribution in [0.1, 0.15) is 36.0 Å².